The molecule has 8 heteroatoms. The van der Waals surface area contributed by atoms with Gasteiger partial charge in [-0.05, 0) is 48.0 Å². The minimum atomic E-state index is -0.785. The van der Waals surface area contributed by atoms with Gasteiger partial charge < -0.3 is 18.7 Å². The number of benzene rings is 2. The molecular weight excluding hydrogens is 374 g/mol. The summed E-state index contributed by atoms with van der Waals surface area (Å²) in [5.74, 6) is 1.07. The number of methoxy groups -OCH3 is 2. The minimum Gasteiger partial charge on any atom is -0.497 e. The van der Waals surface area contributed by atoms with Crippen molar-refractivity contribution < 1.29 is 23.5 Å². The Hall–Kier alpha value is -4.12. The van der Waals surface area contributed by atoms with Crippen molar-refractivity contribution in [1.29, 1.82) is 5.26 Å². The van der Waals surface area contributed by atoms with Gasteiger partial charge in [-0.2, -0.15) is 10.2 Å². The van der Waals surface area contributed by atoms with Crippen LogP contribution in [0, 0.1) is 11.3 Å². The highest BCUT2D eigenvalue weighted by molar-refractivity contribution is 5.97. The second kappa shape index (κ2) is 9.19. The van der Waals surface area contributed by atoms with E-state index < -0.39 is 5.97 Å². The first-order chi connectivity index (χ1) is 14.1. The van der Waals surface area contributed by atoms with E-state index in [9.17, 15) is 10.1 Å². The summed E-state index contributed by atoms with van der Waals surface area (Å²) < 4.78 is 20.4. The molecule has 0 saturated heterocycles. The van der Waals surface area contributed by atoms with Crippen LogP contribution >= 0.6 is 0 Å². The second-order valence-electron chi connectivity index (χ2n) is 5.76. The Balaban J connectivity index is 1.63. The zero-order valence-corrected chi connectivity index (χ0v) is 15.8. The van der Waals surface area contributed by atoms with Crippen molar-refractivity contribution in [2.75, 3.05) is 14.2 Å². The number of nitrogens with zero attached hydrogens (tertiary/aromatic N) is 3. The maximum atomic E-state index is 12.2. The van der Waals surface area contributed by atoms with Crippen LogP contribution in [-0.2, 0) is 16.1 Å². The lowest BCUT2D eigenvalue weighted by atomic mass is 10.1. The molecule has 0 saturated carbocycles. The molecule has 0 amide bonds. The Morgan fingerprint density at radius 1 is 1.07 bits per heavy atom. The number of rotatable bonds is 7. The highest BCUT2D eigenvalue weighted by Gasteiger charge is 2.15. The third-order valence-electron chi connectivity index (χ3n) is 3.91. The molecule has 0 radical (unpaired) electrons. The van der Waals surface area contributed by atoms with E-state index in [1.54, 1.807) is 62.8 Å². The second-order valence-corrected chi connectivity index (χ2v) is 5.76. The summed E-state index contributed by atoms with van der Waals surface area (Å²) in [6, 6.07) is 15.8. The number of hydrogen-bond acceptors (Lipinski definition) is 8. The normalized spacial score (nSPS) is 10.9. The van der Waals surface area contributed by atoms with E-state index in [-0.39, 0.29) is 18.1 Å². The van der Waals surface area contributed by atoms with Crippen molar-refractivity contribution in [3.05, 3.63) is 65.6 Å². The molecule has 0 spiro atoms. The summed E-state index contributed by atoms with van der Waals surface area (Å²) in [6.07, 6.45) is 1.43. The van der Waals surface area contributed by atoms with Gasteiger partial charge in [-0.1, -0.05) is 17.3 Å². The highest BCUT2D eigenvalue weighted by Crippen LogP contribution is 2.20. The fourth-order valence-electron chi connectivity index (χ4n) is 2.38. The standard InChI is InChI=1S/C21H17N3O5/c1-26-17-7-3-14(4-8-17)11-16(12-22)21(25)28-13-19-23-20(24-29-19)15-5-9-18(27-2)10-6-15/h3-11H,13H2,1-2H3/b16-11+. The van der Waals surface area contributed by atoms with Crippen LogP contribution in [0.25, 0.3) is 17.5 Å². The van der Waals surface area contributed by atoms with E-state index in [1.165, 1.54) is 6.08 Å². The number of aromatic nitrogens is 2. The van der Waals surface area contributed by atoms with Crippen LogP contribution in [0.15, 0.2) is 58.6 Å². The summed E-state index contributed by atoms with van der Waals surface area (Å²) in [7, 11) is 3.13. The number of nitriles is 1. The number of esters is 1. The lowest BCUT2D eigenvalue weighted by Crippen LogP contribution is -2.07. The SMILES string of the molecule is COc1ccc(/C=C(\C#N)C(=O)OCc2nc(-c3ccc(OC)cc3)no2)cc1. The van der Waals surface area contributed by atoms with E-state index in [2.05, 4.69) is 10.1 Å². The number of ether oxygens (including phenoxy) is 3. The molecule has 8 nitrogen and oxygen atoms in total. The van der Waals surface area contributed by atoms with Crippen molar-refractivity contribution in [3.8, 4) is 29.0 Å². The van der Waals surface area contributed by atoms with E-state index in [0.29, 0.717) is 22.9 Å². The molecule has 0 atom stereocenters. The molecule has 146 valence electrons. The summed E-state index contributed by atoms with van der Waals surface area (Å²) in [6.45, 7) is -0.246. The molecule has 1 aromatic heterocycles. The molecule has 29 heavy (non-hydrogen) atoms. The van der Waals surface area contributed by atoms with Gasteiger partial charge in [-0.25, -0.2) is 4.79 Å². The summed E-state index contributed by atoms with van der Waals surface area (Å²) >= 11 is 0. The van der Waals surface area contributed by atoms with E-state index in [0.717, 1.165) is 5.56 Å². The van der Waals surface area contributed by atoms with Crippen molar-refractivity contribution in [2.45, 2.75) is 6.61 Å². The average Bonchev–Trinajstić information content (AvgIpc) is 3.25. The van der Waals surface area contributed by atoms with Crippen LogP contribution in [0.5, 0.6) is 11.5 Å². The third-order valence-corrected chi connectivity index (χ3v) is 3.91. The molecule has 0 aliphatic heterocycles. The first kappa shape index (κ1) is 19.6. The molecule has 3 aromatic rings. The Kier molecular flexibility index (Phi) is 6.22. The van der Waals surface area contributed by atoms with Gasteiger partial charge in [0.15, 0.2) is 6.61 Å². The molecule has 0 bridgehead atoms. The topological polar surface area (TPSA) is 107 Å². The minimum absolute atomic E-state index is 0.117. The van der Waals surface area contributed by atoms with Gasteiger partial charge in [0.1, 0.15) is 23.1 Å². The van der Waals surface area contributed by atoms with Crippen LogP contribution in [0.1, 0.15) is 11.5 Å². The van der Waals surface area contributed by atoms with Gasteiger partial charge in [0.2, 0.25) is 5.82 Å². The van der Waals surface area contributed by atoms with Crippen LogP contribution < -0.4 is 9.47 Å². The number of carbonyl (C=O) groups excluding carboxylic acids is 1. The quantitative estimate of drug-likeness (QED) is 0.343. The highest BCUT2D eigenvalue weighted by atomic mass is 16.6. The fourth-order valence-corrected chi connectivity index (χ4v) is 2.38. The van der Waals surface area contributed by atoms with Crippen molar-refractivity contribution in [2.24, 2.45) is 0 Å². The van der Waals surface area contributed by atoms with Crippen molar-refractivity contribution in [3.63, 3.8) is 0 Å². The maximum Gasteiger partial charge on any atom is 0.349 e. The zero-order valence-electron chi connectivity index (χ0n) is 15.8. The molecule has 3 rings (SSSR count). The third kappa shape index (κ3) is 4.99. The molecule has 1 heterocycles. The Morgan fingerprint density at radius 3 is 2.28 bits per heavy atom. The van der Waals surface area contributed by atoms with E-state index in [1.807, 2.05) is 6.07 Å². The largest absolute Gasteiger partial charge is 0.497 e. The van der Waals surface area contributed by atoms with Crippen molar-refractivity contribution in [1.82, 2.24) is 10.1 Å². The summed E-state index contributed by atoms with van der Waals surface area (Å²) in [4.78, 5) is 16.4. The average molecular weight is 391 g/mol. The zero-order chi connectivity index (χ0) is 20.6. The number of hydrogen-bond donors (Lipinski definition) is 0. The molecule has 0 fully saturated rings. The monoisotopic (exact) mass is 391 g/mol. The number of carbonyl (C=O) groups is 1. The fraction of sp³-hybridized carbons (Fsp3) is 0.143. The predicted octanol–water partition coefficient (Wildman–Crippen LogP) is 3.40. The van der Waals surface area contributed by atoms with Gasteiger partial charge in [0.25, 0.3) is 5.89 Å². The first-order valence-corrected chi connectivity index (χ1v) is 8.53. The van der Waals surface area contributed by atoms with Crippen LogP contribution in [0.4, 0.5) is 0 Å². The molecule has 0 aliphatic rings. The predicted molar refractivity (Wildman–Crippen MR) is 103 cm³/mol. The van der Waals surface area contributed by atoms with Gasteiger partial charge >= 0.3 is 5.97 Å². The summed E-state index contributed by atoms with van der Waals surface area (Å²) in [5, 5.41) is 13.1. The van der Waals surface area contributed by atoms with Crippen LogP contribution in [-0.4, -0.2) is 30.3 Å². The van der Waals surface area contributed by atoms with Gasteiger partial charge in [-0.15, -0.1) is 0 Å². The Bertz CT molecular complexity index is 1050. The van der Waals surface area contributed by atoms with E-state index in [4.69, 9.17) is 18.7 Å². The van der Waals surface area contributed by atoms with Crippen molar-refractivity contribution >= 4 is 12.0 Å². The summed E-state index contributed by atoms with van der Waals surface area (Å²) in [5.41, 5.74) is 1.24. The van der Waals surface area contributed by atoms with E-state index >= 15 is 0 Å². The Morgan fingerprint density at radius 2 is 1.69 bits per heavy atom. The van der Waals surface area contributed by atoms with Gasteiger partial charge in [0, 0.05) is 5.56 Å². The Labute approximate surface area is 166 Å². The van der Waals surface area contributed by atoms with Crippen LogP contribution in [0.3, 0.4) is 0 Å². The molecule has 0 aliphatic carbocycles. The lowest BCUT2D eigenvalue weighted by molar-refractivity contribution is -0.140. The van der Waals surface area contributed by atoms with Gasteiger partial charge in [0.05, 0.1) is 14.2 Å². The molecule has 2 aromatic carbocycles. The lowest BCUT2D eigenvalue weighted by Gasteiger charge is -2.02. The molecular formula is C21H17N3O5. The maximum absolute atomic E-state index is 12.2. The van der Waals surface area contributed by atoms with Gasteiger partial charge in [-0.3, -0.25) is 0 Å². The molecule has 0 unspecified atom stereocenters. The first-order valence-electron chi connectivity index (χ1n) is 8.53. The molecule has 0 N–H and O–H groups in total. The smallest absolute Gasteiger partial charge is 0.349 e. The van der Waals surface area contributed by atoms with Crippen LogP contribution in [0.2, 0.25) is 0 Å².